The van der Waals surface area contributed by atoms with Crippen LogP contribution in [0.25, 0.3) is 0 Å². The molecule has 0 fully saturated rings. The van der Waals surface area contributed by atoms with Gasteiger partial charge >= 0.3 is 0 Å². The second kappa shape index (κ2) is 11.8. The largest absolute Gasteiger partial charge is 0.394 e. The third-order valence-electron chi connectivity index (χ3n) is 2.76. The van der Waals surface area contributed by atoms with E-state index in [1.807, 2.05) is 0 Å². The molecule has 0 aromatic heterocycles. The van der Waals surface area contributed by atoms with Crippen LogP contribution in [-0.2, 0) is 4.79 Å². The van der Waals surface area contributed by atoms with E-state index in [1.165, 1.54) is 13.8 Å². The van der Waals surface area contributed by atoms with Gasteiger partial charge in [0, 0.05) is 0 Å². The lowest BCUT2D eigenvalue weighted by atomic mass is 10.1. The molecule has 134 valence electrons. The Hall–Kier alpha value is -0.690. The molecule has 0 aliphatic carbocycles. The molecule has 0 aliphatic rings. The van der Waals surface area contributed by atoms with Crippen molar-refractivity contribution in [1.82, 2.24) is 0 Å². The van der Waals surface area contributed by atoms with Crippen LogP contribution in [0, 0.1) is 0 Å². The van der Waals surface area contributed by atoms with Gasteiger partial charge in [0.25, 0.3) is 0 Å². The van der Waals surface area contributed by atoms with Crippen molar-refractivity contribution in [1.29, 1.82) is 0 Å². The lowest BCUT2D eigenvalue weighted by molar-refractivity contribution is -0.132. The predicted octanol–water partition coefficient (Wildman–Crippen LogP) is -4.91. The fraction of sp³-hybridized carbons (Fsp3) is 0.917. The fourth-order valence-electron chi connectivity index (χ4n) is 1.19. The first-order chi connectivity index (χ1) is 10.0. The maximum atomic E-state index is 9.87. The standard InChI is InChI=1S/C6H14O5.C6H12O5/c2*1-3(8)5(10)6(11)4(9)2-7/h3-11H,2H2,1H3;2-6,8-11H,1H3/t2*3-,4+,5+,6-/m11/s1. The molecule has 0 heterocycles. The Morgan fingerprint density at radius 1 is 0.727 bits per heavy atom. The van der Waals surface area contributed by atoms with Crippen molar-refractivity contribution < 1.29 is 50.8 Å². The maximum Gasteiger partial charge on any atom is 0.151 e. The zero-order valence-electron chi connectivity index (χ0n) is 12.3. The molecule has 8 atom stereocenters. The molecule has 0 bridgehead atoms. The molecule has 10 heteroatoms. The molecule has 22 heavy (non-hydrogen) atoms. The van der Waals surface area contributed by atoms with Gasteiger partial charge < -0.3 is 50.8 Å². The van der Waals surface area contributed by atoms with Gasteiger partial charge in [-0.2, -0.15) is 0 Å². The van der Waals surface area contributed by atoms with E-state index in [0.717, 1.165) is 0 Å². The molecule has 0 aromatic carbocycles. The van der Waals surface area contributed by atoms with Gasteiger partial charge in [0.05, 0.1) is 18.8 Å². The molecule has 0 radical (unpaired) electrons. The molecule has 0 aromatic rings. The predicted molar refractivity (Wildman–Crippen MR) is 72.6 cm³/mol. The first-order valence-electron chi connectivity index (χ1n) is 6.51. The first-order valence-corrected chi connectivity index (χ1v) is 6.51. The normalized spacial score (nSPS) is 22.1. The monoisotopic (exact) mass is 330 g/mol. The summed E-state index contributed by atoms with van der Waals surface area (Å²) in [5.74, 6) is 0. The molecule has 0 unspecified atom stereocenters. The molecular weight excluding hydrogens is 304 g/mol. The SMILES string of the molecule is C[C@@H](O)[C@H](O)[C@H](O)[C@@H](O)C=O.C[C@@H](O)[C@H](O)[C@H](O)[C@@H](O)CO. The van der Waals surface area contributed by atoms with Crippen LogP contribution in [0.1, 0.15) is 13.8 Å². The van der Waals surface area contributed by atoms with Crippen molar-refractivity contribution in [3.8, 4) is 0 Å². The Morgan fingerprint density at radius 2 is 1.09 bits per heavy atom. The summed E-state index contributed by atoms with van der Waals surface area (Å²) in [6.07, 6.45) is -11.4. The molecule has 0 aliphatic heterocycles. The van der Waals surface area contributed by atoms with Crippen molar-refractivity contribution in [2.24, 2.45) is 0 Å². The first kappa shape index (κ1) is 23.6. The Bertz CT molecular complexity index is 285. The highest BCUT2D eigenvalue weighted by Crippen LogP contribution is 2.04. The molecule has 0 amide bonds. The lowest BCUT2D eigenvalue weighted by Crippen LogP contribution is -2.44. The van der Waals surface area contributed by atoms with Gasteiger partial charge in [0.1, 0.15) is 36.6 Å². The summed E-state index contributed by atoms with van der Waals surface area (Å²) in [7, 11) is 0. The molecule has 0 saturated heterocycles. The third kappa shape index (κ3) is 8.68. The van der Waals surface area contributed by atoms with E-state index >= 15 is 0 Å². The van der Waals surface area contributed by atoms with E-state index < -0.39 is 55.4 Å². The van der Waals surface area contributed by atoms with Crippen LogP contribution in [0.15, 0.2) is 0 Å². The van der Waals surface area contributed by atoms with E-state index in [-0.39, 0.29) is 6.29 Å². The van der Waals surface area contributed by atoms with Crippen LogP contribution in [0.5, 0.6) is 0 Å². The topological polar surface area (TPSA) is 199 Å². The number of hydrogen-bond donors (Lipinski definition) is 9. The van der Waals surface area contributed by atoms with E-state index in [9.17, 15) is 4.79 Å². The lowest BCUT2D eigenvalue weighted by Gasteiger charge is -2.23. The van der Waals surface area contributed by atoms with Gasteiger partial charge in [0.15, 0.2) is 6.29 Å². The Labute approximate surface area is 127 Å². The molecular formula is C12H26O10. The summed E-state index contributed by atoms with van der Waals surface area (Å²) in [5.41, 5.74) is 0. The highest BCUT2D eigenvalue weighted by Gasteiger charge is 2.28. The van der Waals surface area contributed by atoms with Crippen molar-refractivity contribution in [2.75, 3.05) is 6.61 Å². The summed E-state index contributed by atoms with van der Waals surface area (Å²) in [4.78, 5) is 9.87. The molecule has 0 rings (SSSR count). The number of aldehydes is 1. The van der Waals surface area contributed by atoms with Crippen LogP contribution >= 0.6 is 0 Å². The Morgan fingerprint density at radius 3 is 1.36 bits per heavy atom. The Kier molecular flexibility index (Phi) is 12.7. The number of aliphatic hydroxyl groups excluding tert-OH is 9. The highest BCUT2D eigenvalue weighted by molar-refractivity contribution is 5.56. The summed E-state index contributed by atoms with van der Waals surface area (Å²) in [6.45, 7) is 1.87. The molecule has 9 N–H and O–H groups in total. The zero-order chi connectivity index (χ0) is 18.0. The van der Waals surface area contributed by atoms with E-state index in [2.05, 4.69) is 0 Å². The summed E-state index contributed by atoms with van der Waals surface area (Å²) >= 11 is 0. The third-order valence-corrected chi connectivity index (χ3v) is 2.76. The smallest absolute Gasteiger partial charge is 0.151 e. The second-order valence-corrected chi connectivity index (χ2v) is 4.82. The summed E-state index contributed by atoms with van der Waals surface area (Å²) in [5, 5.41) is 78.8. The van der Waals surface area contributed by atoms with E-state index in [1.54, 1.807) is 0 Å². The molecule has 0 saturated carbocycles. The van der Waals surface area contributed by atoms with Gasteiger partial charge in [-0.3, -0.25) is 0 Å². The number of rotatable bonds is 8. The Balaban J connectivity index is 0. The van der Waals surface area contributed by atoms with Crippen molar-refractivity contribution in [2.45, 2.75) is 62.7 Å². The van der Waals surface area contributed by atoms with Crippen molar-refractivity contribution >= 4 is 6.29 Å². The van der Waals surface area contributed by atoms with Crippen LogP contribution in [0.4, 0.5) is 0 Å². The van der Waals surface area contributed by atoms with Crippen LogP contribution < -0.4 is 0 Å². The van der Waals surface area contributed by atoms with Crippen molar-refractivity contribution in [3.63, 3.8) is 0 Å². The maximum absolute atomic E-state index is 9.87. The second-order valence-electron chi connectivity index (χ2n) is 4.82. The number of carbonyl (C=O) groups excluding carboxylic acids is 1. The quantitative estimate of drug-likeness (QED) is 0.194. The minimum absolute atomic E-state index is 0.0935. The summed E-state index contributed by atoms with van der Waals surface area (Å²) < 4.78 is 0. The fourth-order valence-corrected chi connectivity index (χ4v) is 1.19. The van der Waals surface area contributed by atoms with Gasteiger partial charge in [-0.05, 0) is 13.8 Å². The molecule has 10 nitrogen and oxygen atoms in total. The molecule has 0 spiro atoms. The minimum atomic E-state index is -1.65. The highest BCUT2D eigenvalue weighted by atomic mass is 16.4. The van der Waals surface area contributed by atoms with Gasteiger partial charge in [-0.1, -0.05) is 0 Å². The average Bonchev–Trinajstić information content (AvgIpc) is 2.50. The number of aliphatic hydroxyl groups is 9. The van der Waals surface area contributed by atoms with Crippen molar-refractivity contribution in [3.05, 3.63) is 0 Å². The van der Waals surface area contributed by atoms with Gasteiger partial charge in [-0.15, -0.1) is 0 Å². The number of hydrogen-bond acceptors (Lipinski definition) is 10. The zero-order valence-corrected chi connectivity index (χ0v) is 12.3. The minimum Gasteiger partial charge on any atom is -0.394 e. The van der Waals surface area contributed by atoms with Crippen LogP contribution in [0.2, 0.25) is 0 Å². The van der Waals surface area contributed by atoms with Gasteiger partial charge in [0.2, 0.25) is 0 Å². The van der Waals surface area contributed by atoms with E-state index in [4.69, 9.17) is 46.0 Å². The van der Waals surface area contributed by atoms with Crippen LogP contribution in [0.3, 0.4) is 0 Å². The van der Waals surface area contributed by atoms with Gasteiger partial charge in [-0.25, -0.2) is 0 Å². The average molecular weight is 330 g/mol. The summed E-state index contributed by atoms with van der Waals surface area (Å²) in [6, 6.07) is 0. The van der Waals surface area contributed by atoms with E-state index in [0.29, 0.717) is 0 Å². The van der Waals surface area contributed by atoms with Crippen LogP contribution in [-0.4, -0.2) is 108 Å². The number of carbonyl (C=O) groups is 1.